The van der Waals surface area contributed by atoms with Gasteiger partial charge in [0.15, 0.2) is 17.4 Å². The second-order valence-electron chi connectivity index (χ2n) is 5.73. The first-order valence-electron chi connectivity index (χ1n) is 7.17. The Bertz CT molecular complexity index is 827. The van der Waals surface area contributed by atoms with Gasteiger partial charge >= 0.3 is 0 Å². The smallest absolute Gasteiger partial charge is 0.280 e. The average molecular weight is 320 g/mol. The molecule has 0 radical (unpaired) electrons. The summed E-state index contributed by atoms with van der Waals surface area (Å²) < 4.78 is 12.9. The Kier molecular flexibility index (Phi) is 3.18. The Morgan fingerprint density at radius 2 is 2.30 bits per heavy atom. The van der Waals surface area contributed by atoms with E-state index in [0.29, 0.717) is 5.65 Å². The number of ether oxygens (including phenoxy) is 2. The molecule has 2 aromatic heterocycles. The van der Waals surface area contributed by atoms with E-state index in [2.05, 4.69) is 19.9 Å². The summed E-state index contributed by atoms with van der Waals surface area (Å²) in [6, 6.07) is 0. The molecule has 0 aliphatic carbocycles. The number of nitrogens with zero attached hydrogens (tertiary/aromatic N) is 5. The van der Waals surface area contributed by atoms with Crippen molar-refractivity contribution in [1.29, 1.82) is 0 Å². The van der Waals surface area contributed by atoms with Crippen LogP contribution in [0, 0.1) is 0 Å². The second-order valence-corrected chi connectivity index (χ2v) is 5.73. The monoisotopic (exact) mass is 320 g/mol. The van der Waals surface area contributed by atoms with Crippen molar-refractivity contribution in [2.45, 2.75) is 24.5 Å². The van der Waals surface area contributed by atoms with Gasteiger partial charge in [0.25, 0.3) is 5.56 Å². The summed E-state index contributed by atoms with van der Waals surface area (Å²) in [5.74, 6) is 0.183. The Balaban J connectivity index is 1.75. The molecule has 2 N–H and O–H groups in total. The molecular weight excluding hydrogens is 304 g/mol. The molecule has 0 amide bonds. The van der Waals surface area contributed by atoms with E-state index >= 15 is 0 Å². The van der Waals surface area contributed by atoms with Crippen LogP contribution in [0.5, 0.6) is 0 Å². The van der Waals surface area contributed by atoms with Gasteiger partial charge in [-0.25, -0.2) is 9.98 Å². The fourth-order valence-corrected chi connectivity index (χ4v) is 2.70. The van der Waals surface area contributed by atoms with Crippen LogP contribution in [0.25, 0.3) is 11.2 Å². The topological polar surface area (TPSA) is 121 Å². The van der Waals surface area contributed by atoms with Crippen LogP contribution in [-0.4, -0.2) is 74.9 Å². The minimum absolute atomic E-state index is 0.114. The number of hydrogen-bond acceptors (Lipinski definition) is 7. The van der Waals surface area contributed by atoms with Crippen LogP contribution in [0.3, 0.4) is 0 Å². The fraction of sp³-hybridized carbons (Fsp3) is 0.538. The highest BCUT2D eigenvalue weighted by molar-refractivity contribution is 5.71. The van der Waals surface area contributed by atoms with Gasteiger partial charge in [0.05, 0.1) is 19.3 Å². The lowest BCUT2D eigenvalue weighted by Gasteiger charge is -2.17. The number of aliphatic hydroxyl groups is 1. The van der Waals surface area contributed by atoms with Crippen molar-refractivity contribution < 1.29 is 14.6 Å². The molecule has 2 saturated heterocycles. The highest BCUT2D eigenvalue weighted by atomic mass is 16.7. The lowest BCUT2D eigenvalue weighted by atomic mass is 10.2. The normalized spacial score (nSPS) is 29.3. The second kappa shape index (κ2) is 5.11. The number of hydrogen-bond donors (Lipinski definition) is 2. The van der Waals surface area contributed by atoms with Crippen molar-refractivity contribution in [3.05, 3.63) is 16.7 Å². The first-order chi connectivity index (χ1) is 11.1. The minimum Gasteiger partial charge on any atom is -0.394 e. The zero-order valence-electron chi connectivity index (χ0n) is 12.6. The summed E-state index contributed by atoms with van der Waals surface area (Å²) in [6.07, 6.45) is 1.95. The van der Waals surface area contributed by atoms with Crippen molar-refractivity contribution in [2.24, 2.45) is 4.99 Å². The molecule has 4 heterocycles. The van der Waals surface area contributed by atoms with E-state index in [0.717, 1.165) is 0 Å². The Hall–Kier alpha value is -2.30. The third-order valence-corrected chi connectivity index (χ3v) is 3.81. The molecule has 122 valence electrons. The van der Waals surface area contributed by atoms with Crippen LogP contribution < -0.4 is 5.56 Å². The third kappa shape index (κ3) is 2.31. The number of aromatic amines is 1. The van der Waals surface area contributed by atoms with Crippen LogP contribution in [-0.2, 0) is 9.47 Å². The molecule has 2 aliphatic rings. The van der Waals surface area contributed by atoms with E-state index in [1.807, 2.05) is 14.1 Å². The summed E-state index contributed by atoms with van der Waals surface area (Å²) in [4.78, 5) is 29.0. The lowest BCUT2D eigenvalue weighted by molar-refractivity contribution is -0.0823. The SMILES string of the molecule is CN(C)C=Nc1nc2c(ncn2[C@@H]2O[C@H](CO)[C@H]3O[C@H]32)c(=O)[nH]1. The van der Waals surface area contributed by atoms with E-state index in [1.165, 1.54) is 6.33 Å². The highest BCUT2D eigenvalue weighted by Crippen LogP contribution is 2.45. The molecule has 10 nitrogen and oxygen atoms in total. The van der Waals surface area contributed by atoms with Crippen LogP contribution in [0.4, 0.5) is 5.95 Å². The van der Waals surface area contributed by atoms with Gasteiger partial charge in [0.2, 0.25) is 5.95 Å². The van der Waals surface area contributed by atoms with Crippen molar-refractivity contribution in [3.8, 4) is 0 Å². The number of aliphatic imine (C=N–C) groups is 1. The van der Waals surface area contributed by atoms with Gasteiger partial charge in [0.1, 0.15) is 18.3 Å². The molecule has 4 atom stereocenters. The predicted molar refractivity (Wildman–Crippen MR) is 79.6 cm³/mol. The number of aliphatic hydroxyl groups excluding tert-OH is 1. The van der Waals surface area contributed by atoms with Crippen molar-refractivity contribution in [1.82, 2.24) is 24.4 Å². The quantitative estimate of drug-likeness (QED) is 0.421. The van der Waals surface area contributed by atoms with Gasteiger partial charge in [-0.2, -0.15) is 4.98 Å². The summed E-state index contributed by atoms with van der Waals surface area (Å²) in [5, 5.41) is 9.28. The molecule has 0 unspecified atom stereocenters. The number of epoxide rings is 1. The van der Waals surface area contributed by atoms with Crippen LogP contribution >= 0.6 is 0 Å². The van der Waals surface area contributed by atoms with E-state index < -0.39 is 6.23 Å². The van der Waals surface area contributed by atoms with Gasteiger partial charge in [-0.3, -0.25) is 14.3 Å². The zero-order chi connectivity index (χ0) is 16.1. The maximum atomic E-state index is 12.1. The molecule has 2 fully saturated rings. The minimum atomic E-state index is -0.456. The number of nitrogens with one attached hydrogen (secondary N) is 1. The number of aromatic nitrogens is 4. The van der Waals surface area contributed by atoms with Gasteiger partial charge < -0.3 is 19.5 Å². The maximum Gasteiger partial charge on any atom is 0.280 e. The highest BCUT2D eigenvalue weighted by Gasteiger charge is 2.58. The first-order valence-corrected chi connectivity index (χ1v) is 7.17. The van der Waals surface area contributed by atoms with Gasteiger partial charge in [-0.1, -0.05) is 0 Å². The number of rotatable bonds is 4. The van der Waals surface area contributed by atoms with E-state index in [1.54, 1.807) is 15.8 Å². The Morgan fingerprint density at radius 1 is 1.48 bits per heavy atom. The number of H-pyrrole nitrogens is 1. The van der Waals surface area contributed by atoms with Crippen LogP contribution in [0.15, 0.2) is 16.1 Å². The molecule has 23 heavy (non-hydrogen) atoms. The van der Waals surface area contributed by atoms with E-state index in [-0.39, 0.29) is 41.9 Å². The molecule has 0 spiro atoms. The van der Waals surface area contributed by atoms with Crippen molar-refractivity contribution >= 4 is 23.5 Å². The van der Waals surface area contributed by atoms with Crippen molar-refractivity contribution in [2.75, 3.05) is 20.7 Å². The standard InChI is InChI=1S/C13H16N6O4/c1-18(2)4-15-13-16-10-7(11(21)17-13)14-5-19(10)12-9-8(23-9)6(3-20)22-12/h4-6,8-9,12,20H,3H2,1-2H3,(H,16,17,21)/t6-,8-,9-,12-/m1/s1. The van der Waals surface area contributed by atoms with Crippen LogP contribution in [0.1, 0.15) is 6.23 Å². The van der Waals surface area contributed by atoms with Gasteiger partial charge in [0, 0.05) is 14.1 Å². The van der Waals surface area contributed by atoms with Crippen molar-refractivity contribution in [3.63, 3.8) is 0 Å². The van der Waals surface area contributed by atoms with Gasteiger partial charge in [-0.05, 0) is 0 Å². The first kappa shape index (κ1) is 14.3. The predicted octanol–water partition coefficient (Wildman–Crippen LogP) is -1.00. The largest absolute Gasteiger partial charge is 0.394 e. The summed E-state index contributed by atoms with van der Waals surface area (Å²) in [6.45, 7) is -0.114. The Morgan fingerprint density at radius 3 is 3.00 bits per heavy atom. The zero-order valence-corrected chi connectivity index (χ0v) is 12.6. The molecule has 10 heteroatoms. The average Bonchev–Trinajstić information content (AvgIpc) is 3.05. The molecule has 0 aromatic carbocycles. The molecule has 0 saturated carbocycles. The Labute approximate surface area is 130 Å². The van der Waals surface area contributed by atoms with E-state index in [4.69, 9.17) is 9.47 Å². The molecular formula is C13H16N6O4. The number of imidazole rings is 1. The lowest BCUT2D eigenvalue weighted by Crippen LogP contribution is -2.22. The fourth-order valence-electron chi connectivity index (χ4n) is 2.70. The summed E-state index contributed by atoms with van der Waals surface area (Å²) >= 11 is 0. The van der Waals surface area contributed by atoms with Gasteiger partial charge in [-0.15, -0.1) is 0 Å². The molecule has 4 rings (SSSR count). The molecule has 0 bridgehead atoms. The maximum absolute atomic E-state index is 12.1. The third-order valence-electron chi connectivity index (χ3n) is 3.81. The molecule has 2 aliphatic heterocycles. The molecule has 2 aromatic rings. The van der Waals surface area contributed by atoms with Crippen LogP contribution in [0.2, 0.25) is 0 Å². The summed E-state index contributed by atoms with van der Waals surface area (Å²) in [7, 11) is 3.63. The number of fused-ring (bicyclic) bond motifs is 2. The summed E-state index contributed by atoms with van der Waals surface area (Å²) in [5.41, 5.74) is 0.212. The van der Waals surface area contributed by atoms with E-state index in [9.17, 15) is 9.90 Å².